The highest BCUT2D eigenvalue weighted by atomic mass is 16.6. The van der Waals surface area contributed by atoms with Crippen molar-refractivity contribution in [1.29, 1.82) is 0 Å². The Balaban J connectivity index is 2.26. The van der Waals surface area contributed by atoms with E-state index in [4.69, 9.17) is 10.5 Å². The Hall–Kier alpha value is -4.34. The highest BCUT2D eigenvalue weighted by molar-refractivity contribution is 6.03. The molecular formula is C21H18N4O6. The molecule has 0 aliphatic carbocycles. The molecule has 3 aromatic rings. The lowest BCUT2D eigenvalue weighted by Crippen LogP contribution is -2.31. The summed E-state index contributed by atoms with van der Waals surface area (Å²) in [7, 11) is 0. The molecular weight excluding hydrogens is 404 g/mol. The minimum absolute atomic E-state index is 0.000408. The summed E-state index contributed by atoms with van der Waals surface area (Å²) in [4.78, 5) is 43.6. The molecule has 0 spiro atoms. The topological polar surface area (TPSA) is 159 Å². The largest absolute Gasteiger partial charge is 0.507 e. The van der Waals surface area contributed by atoms with Gasteiger partial charge in [-0.3, -0.25) is 19.7 Å². The molecule has 0 aliphatic heterocycles. The molecule has 0 saturated heterocycles. The van der Waals surface area contributed by atoms with Crippen LogP contribution in [0.3, 0.4) is 0 Å². The Morgan fingerprint density at radius 2 is 1.90 bits per heavy atom. The molecule has 1 atom stereocenters. The van der Waals surface area contributed by atoms with E-state index < -0.39 is 22.7 Å². The van der Waals surface area contributed by atoms with Crippen molar-refractivity contribution in [2.45, 2.75) is 12.8 Å². The molecule has 158 valence electrons. The summed E-state index contributed by atoms with van der Waals surface area (Å²) in [6.07, 6.45) is 1.24. The number of primary amides is 1. The van der Waals surface area contributed by atoms with Crippen LogP contribution in [0, 0.1) is 10.1 Å². The maximum Gasteiger partial charge on any atom is 0.324 e. The Labute approximate surface area is 176 Å². The summed E-state index contributed by atoms with van der Waals surface area (Å²) in [6.45, 7) is 1.56. The number of aliphatic hydroxyl groups excluding tert-OH is 1. The number of nitro benzene ring substituents is 1. The van der Waals surface area contributed by atoms with Crippen molar-refractivity contribution in [2.75, 3.05) is 6.61 Å². The van der Waals surface area contributed by atoms with Gasteiger partial charge in [0.25, 0.3) is 5.69 Å². The SMILES string of the molecule is CCOC(=O)C(C(N)=O)c1nc2cc([N+](=O)[O-])ccc2nc1C=C(O)c1ccccc1. The molecule has 0 aliphatic rings. The van der Waals surface area contributed by atoms with Gasteiger partial charge in [-0.05, 0) is 13.0 Å². The first-order valence-electron chi connectivity index (χ1n) is 9.20. The average molecular weight is 422 g/mol. The zero-order valence-corrected chi connectivity index (χ0v) is 16.4. The zero-order chi connectivity index (χ0) is 22.5. The number of non-ortho nitro benzene ring substituents is 1. The molecule has 0 saturated carbocycles. The van der Waals surface area contributed by atoms with Gasteiger partial charge in [0, 0.05) is 23.8 Å². The Kier molecular flexibility index (Phi) is 6.20. The molecule has 1 amide bonds. The summed E-state index contributed by atoms with van der Waals surface area (Å²) in [6, 6.07) is 12.3. The number of nitrogens with zero attached hydrogens (tertiary/aromatic N) is 3. The van der Waals surface area contributed by atoms with Gasteiger partial charge in [-0.25, -0.2) is 9.97 Å². The normalized spacial score (nSPS) is 12.4. The number of hydrogen-bond donors (Lipinski definition) is 2. The highest BCUT2D eigenvalue weighted by Crippen LogP contribution is 2.27. The van der Waals surface area contributed by atoms with Gasteiger partial charge >= 0.3 is 5.97 Å². The standard InChI is InChI=1S/C21H18N4O6/c1-2-31-21(28)18(20(22)27)19-16(11-17(26)12-6-4-3-5-7-12)23-14-9-8-13(25(29)30)10-15(14)24-19/h3-11,18,26H,2H2,1H3,(H2,22,27). The van der Waals surface area contributed by atoms with Crippen molar-refractivity contribution < 1.29 is 24.4 Å². The van der Waals surface area contributed by atoms with Gasteiger partial charge in [-0.15, -0.1) is 0 Å². The van der Waals surface area contributed by atoms with E-state index in [-0.39, 0.29) is 40.5 Å². The Morgan fingerprint density at radius 1 is 1.19 bits per heavy atom. The van der Waals surface area contributed by atoms with Gasteiger partial charge in [0.05, 0.1) is 34.0 Å². The van der Waals surface area contributed by atoms with Gasteiger partial charge in [0.15, 0.2) is 5.92 Å². The van der Waals surface area contributed by atoms with E-state index in [1.807, 2.05) is 0 Å². The third-order valence-electron chi connectivity index (χ3n) is 4.34. The number of carbonyl (C=O) groups is 2. The molecule has 0 fully saturated rings. The summed E-state index contributed by atoms with van der Waals surface area (Å²) < 4.78 is 4.94. The number of esters is 1. The van der Waals surface area contributed by atoms with Crippen LogP contribution in [0.2, 0.25) is 0 Å². The van der Waals surface area contributed by atoms with E-state index in [2.05, 4.69) is 9.97 Å². The molecule has 1 unspecified atom stereocenters. The van der Waals surface area contributed by atoms with Crippen molar-refractivity contribution in [3.05, 3.63) is 75.6 Å². The third-order valence-corrected chi connectivity index (χ3v) is 4.34. The number of rotatable bonds is 7. The second-order valence-electron chi connectivity index (χ2n) is 6.41. The van der Waals surface area contributed by atoms with Crippen molar-refractivity contribution in [3.63, 3.8) is 0 Å². The van der Waals surface area contributed by atoms with Crippen LogP contribution in [0.15, 0.2) is 48.5 Å². The number of nitro groups is 1. The predicted octanol–water partition coefficient (Wildman–Crippen LogP) is 2.73. The molecule has 1 aromatic heterocycles. The lowest BCUT2D eigenvalue weighted by atomic mass is 10.0. The number of benzene rings is 2. The van der Waals surface area contributed by atoms with E-state index in [1.165, 1.54) is 24.3 Å². The monoisotopic (exact) mass is 422 g/mol. The number of ether oxygens (including phenoxy) is 1. The van der Waals surface area contributed by atoms with E-state index >= 15 is 0 Å². The molecule has 1 heterocycles. The van der Waals surface area contributed by atoms with Crippen molar-refractivity contribution in [2.24, 2.45) is 5.73 Å². The van der Waals surface area contributed by atoms with Crippen molar-refractivity contribution in [3.8, 4) is 0 Å². The number of nitrogens with two attached hydrogens (primary N) is 1. The Bertz CT molecular complexity index is 1190. The maximum atomic E-state index is 12.4. The highest BCUT2D eigenvalue weighted by Gasteiger charge is 2.32. The van der Waals surface area contributed by atoms with E-state index in [1.54, 1.807) is 37.3 Å². The van der Waals surface area contributed by atoms with Crippen LogP contribution in [0.4, 0.5) is 5.69 Å². The van der Waals surface area contributed by atoms with Crippen LogP contribution in [0.5, 0.6) is 0 Å². The minimum atomic E-state index is -1.62. The second-order valence-corrected chi connectivity index (χ2v) is 6.41. The molecule has 3 rings (SSSR count). The van der Waals surface area contributed by atoms with Gasteiger partial charge in [0.1, 0.15) is 5.76 Å². The first-order chi connectivity index (χ1) is 14.8. The van der Waals surface area contributed by atoms with Crippen LogP contribution < -0.4 is 5.73 Å². The lowest BCUT2D eigenvalue weighted by molar-refractivity contribution is -0.384. The molecule has 0 radical (unpaired) electrons. The smallest absolute Gasteiger partial charge is 0.324 e. The number of aliphatic hydroxyl groups is 1. The van der Waals surface area contributed by atoms with Crippen LogP contribution in [-0.2, 0) is 14.3 Å². The summed E-state index contributed by atoms with van der Waals surface area (Å²) in [5.74, 6) is -3.79. The molecule has 0 bridgehead atoms. The van der Waals surface area contributed by atoms with Gasteiger partial charge < -0.3 is 15.6 Å². The number of aromatic nitrogens is 2. The fourth-order valence-electron chi connectivity index (χ4n) is 2.91. The summed E-state index contributed by atoms with van der Waals surface area (Å²) >= 11 is 0. The van der Waals surface area contributed by atoms with Crippen LogP contribution in [0.1, 0.15) is 29.8 Å². The number of fused-ring (bicyclic) bond motifs is 1. The molecule has 2 aromatic carbocycles. The summed E-state index contributed by atoms with van der Waals surface area (Å²) in [5, 5.41) is 21.6. The molecule has 3 N–H and O–H groups in total. The quantitative estimate of drug-likeness (QED) is 0.193. The van der Waals surface area contributed by atoms with Gasteiger partial charge in [-0.1, -0.05) is 30.3 Å². The molecule has 10 nitrogen and oxygen atoms in total. The Morgan fingerprint density at radius 3 is 2.52 bits per heavy atom. The fourth-order valence-corrected chi connectivity index (χ4v) is 2.91. The fraction of sp³-hybridized carbons (Fsp3) is 0.143. The van der Waals surface area contributed by atoms with E-state index in [0.717, 1.165) is 0 Å². The minimum Gasteiger partial charge on any atom is -0.507 e. The average Bonchev–Trinajstić information content (AvgIpc) is 2.74. The van der Waals surface area contributed by atoms with Crippen LogP contribution in [-0.4, -0.2) is 38.5 Å². The number of carbonyl (C=O) groups excluding carboxylic acids is 2. The van der Waals surface area contributed by atoms with Crippen LogP contribution >= 0.6 is 0 Å². The van der Waals surface area contributed by atoms with Crippen LogP contribution in [0.25, 0.3) is 22.9 Å². The first kappa shape index (κ1) is 21.4. The lowest BCUT2D eigenvalue weighted by Gasteiger charge is -2.15. The van der Waals surface area contributed by atoms with E-state index in [0.29, 0.717) is 5.56 Å². The van der Waals surface area contributed by atoms with E-state index in [9.17, 15) is 24.8 Å². The predicted molar refractivity (Wildman–Crippen MR) is 112 cm³/mol. The van der Waals surface area contributed by atoms with Gasteiger partial charge in [0.2, 0.25) is 5.91 Å². The van der Waals surface area contributed by atoms with Crippen molar-refractivity contribution >= 4 is 40.4 Å². The zero-order valence-electron chi connectivity index (χ0n) is 16.4. The maximum absolute atomic E-state index is 12.4. The second kappa shape index (κ2) is 8.99. The molecule has 31 heavy (non-hydrogen) atoms. The third kappa shape index (κ3) is 4.64. The molecule has 10 heteroatoms. The van der Waals surface area contributed by atoms with Crippen molar-refractivity contribution in [1.82, 2.24) is 9.97 Å². The van der Waals surface area contributed by atoms with Gasteiger partial charge in [-0.2, -0.15) is 0 Å². The summed E-state index contributed by atoms with van der Waals surface area (Å²) in [5.41, 5.74) is 5.81. The number of amides is 1. The first-order valence-corrected chi connectivity index (χ1v) is 9.20. The number of hydrogen-bond acceptors (Lipinski definition) is 8.